The van der Waals surface area contributed by atoms with Crippen LogP contribution in [0.1, 0.15) is 17.7 Å². The molecule has 0 amide bonds. The summed E-state index contributed by atoms with van der Waals surface area (Å²) < 4.78 is 37.8. The van der Waals surface area contributed by atoms with Crippen LogP contribution in [-0.2, 0) is 6.18 Å². The van der Waals surface area contributed by atoms with Crippen molar-refractivity contribution < 1.29 is 13.2 Å². The number of anilines is 1. The number of nitrogens with zero attached hydrogens (tertiary/aromatic N) is 2. The molecule has 106 valence electrons. The minimum atomic E-state index is -4.52. The highest BCUT2D eigenvalue weighted by Crippen LogP contribution is 2.29. The monoisotopic (exact) mass is 282 g/mol. The van der Waals surface area contributed by atoms with Gasteiger partial charge in [-0.15, -0.1) is 0 Å². The van der Waals surface area contributed by atoms with Crippen LogP contribution in [0.25, 0.3) is 0 Å². The Labute approximate surface area is 114 Å². The standard InChI is InChI=1S/C13H13F3N4/c14-13(15,16)11-2-1-10(7-17)12(20-11)19-8-9-3-5-18-6-4-9/h1-3,18H,4-6,8H2,(H,19,20). The molecule has 0 aliphatic carbocycles. The van der Waals surface area contributed by atoms with Crippen molar-refractivity contribution in [1.29, 1.82) is 5.26 Å². The summed E-state index contributed by atoms with van der Waals surface area (Å²) in [6.07, 6.45) is -1.71. The normalized spacial score (nSPS) is 15.4. The summed E-state index contributed by atoms with van der Waals surface area (Å²) >= 11 is 0. The second-order valence-electron chi connectivity index (χ2n) is 4.37. The van der Waals surface area contributed by atoms with E-state index in [0.717, 1.165) is 37.2 Å². The van der Waals surface area contributed by atoms with Crippen molar-refractivity contribution in [2.45, 2.75) is 12.6 Å². The molecule has 1 aromatic heterocycles. The molecule has 0 saturated carbocycles. The van der Waals surface area contributed by atoms with Crippen LogP contribution in [0.2, 0.25) is 0 Å². The number of nitrogens with one attached hydrogen (secondary N) is 2. The average Bonchev–Trinajstić information content (AvgIpc) is 2.45. The van der Waals surface area contributed by atoms with Gasteiger partial charge < -0.3 is 10.6 Å². The molecule has 1 aliphatic heterocycles. The zero-order valence-corrected chi connectivity index (χ0v) is 10.6. The Morgan fingerprint density at radius 2 is 2.20 bits per heavy atom. The molecule has 0 unspecified atom stereocenters. The molecule has 0 aromatic carbocycles. The van der Waals surface area contributed by atoms with E-state index in [4.69, 9.17) is 5.26 Å². The lowest BCUT2D eigenvalue weighted by atomic mass is 10.1. The summed E-state index contributed by atoms with van der Waals surface area (Å²) in [4.78, 5) is 3.50. The van der Waals surface area contributed by atoms with Gasteiger partial charge in [0.15, 0.2) is 0 Å². The Morgan fingerprint density at radius 1 is 1.40 bits per heavy atom. The minimum Gasteiger partial charge on any atom is -0.365 e. The van der Waals surface area contributed by atoms with Crippen LogP contribution in [0.5, 0.6) is 0 Å². The molecule has 2 heterocycles. The van der Waals surface area contributed by atoms with Crippen LogP contribution < -0.4 is 10.6 Å². The highest BCUT2D eigenvalue weighted by molar-refractivity contribution is 5.53. The van der Waals surface area contributed by atoms with Crippen LogP contribution in [-0.4, -0.2) is 24.6 Å². The smallest absolute Gasteiger partial charge is 0.365 e. The summed E-state index contributed by atoms with van der Waals surface area (Å²) in [5.41, 5.74) is 0.192. The first-order chi connectivity index (χ1) is 9.50. The molecule has 7 heteroatoms. The molecule has 0 radical (unpaired) electrons. The first-order valence-corrected chi connectivity index (χ1v) is 6.11. The summed E-state index contributed by atoms with van der Waals surface area (Å²) in [5.74, 6) is -0.0262. The number of rotatable bonds is 3. The van der Waals surface area contributed by atoms with Crippen LogP contribution in [0.4, 0.5) is 19.0 Å². The molecule has 0 spiro atoms. The van der Waals surface area contributed by atoms with Crippen molar-refractivity contribution >= 4 is 5.82 Å². The van der Waals surface area contributed by atoms with Gasteiger partial charge in [-0.2, -0.15) is 18.4 Å². The topological polar surface area (TPSA) is 60.7 Å². The number of hydrogen-bond acceptors (Lipinski definition) is 4. The third kappa shape index (κ3) is 3.48. The second-order valence-corrected chi connectivity index (χ2v) is 4.37. The zero-order chi connectivity index (χ0) is 14.6. The van der Waals surface area contributed by atoms with Gasteiger partial charge >= 0.3 is 6.18 Å². The van der Waals surface area contributed by atoms with Crippen LogP contribution >= 0.6 is 0 Å². The fourth-order valence-corrected chi connectivity index (χ4v) is 1.87. The minimum absolute atomic E-state index is 0.0262. The molecule has 1 aromatic rings. The molecule has 0 saturated heterocycles. The Morgan fingerprint density at radius 3 is 2.80 bits per heavy atom. The highest BCUT2D eigenvalue weighted by Gasteiger charge is 2.33. The van der Waals surface area contributed by atoms with Crippen LogP contribution in [0.15, 0.2) is 23.8 Å². The quantitative estimate of drug-likeness (QED) is 0.835. The van der Waals surface area contributed by atoms with Crippen molar-refractivity contribution in [1.82, 2.24) is 10.3 Å². The number of aromatic nitrogens is 1. The first-order valence-electron chi connectivity index (χ1n) is 6.11. The summed E-state index contributed by atoms with van der Waals surface area (Å²) in [6.45, 7) is 1.98. The van der Waals surface area contributed by atoms with Gasteiger partial charge in [0, 0.05) is 13.1 Å². The molecule has 0 atom stereocenters. The number of halogens is 3. The summed E-state index contributed by atoms with van der Waals surface area (Å²) in [6, 6.07) is 3.78. The van der Waals surface area contributed by atoms with Gasteiger partial charge in [0.05, 0.1) is 5.56 Å². The van der Waals surface area contributed by atoms with E-state index in [1.807, 2.05) is 12.1 Å². The van der Waals surface area contributed by atoms with Crippen molar-refractivity contribution in [3.8, 4) is 6.07 Å². The van der Waals surface area contributed by atoms with E-state index < -0.39 is 11.9 Å². The maximum atomic E-state index is 12.6. The largest absolute Gasteiger partial charge is 0.433 e. The lowest BCUT2D eigenvalue weighted by Crippen LogP contribution is -2.23. The Bertz CT molecular complexity index is 558. The third-order valence-corrected chi connectivity index (χ3v) is 2.95. The number of alkyl halides is 3. The van der Waals surface area contributed by atoms with Crippen LogP contribution in [0.3, 0.4) is 0 Å². The predicted octanol–water partition coefficient (Wildman–Crippen LogP) is 2.30. The highest BCUT2D eigenvalue weighted by atomic mass is 19.4. The van der Waals surface area contributed by atoms with Gasteiger partial charge in [0.2, 0.25) is 0 Å². The Kier molecular flexibility index (Phi) is 4.25. The molecular formula is C13H13F3N4. The molecule has 20 heavy (non-hydrogen) atoms. The summed E-state index contributed by atoms with van der Waals surface area (Å²) in [7, 11) is 0. The zero-order valence-electron chi connectivity index (χ0n) is 10.6. The van der Waals surface area contributed by atoms with Gasteiger partial charge in [-0.25, -0.2) is 4.98 Å². The van der Waals surface area contributed by atoms with E-state index in [9.17, 15) is 13.2 Å². The van der Waals surface area contributed by atoms with Crippen molar-refractivity contribution in [3.05, 3.63) is 35.0 Å². The van der Waals surface area contributed by atoms with Crippen molar-refractivity contribution in [3.63, 3.8) is 0 Å². The van der Waals surface area contributed by atoms with Gasteiger partial charge in [0.1, 0.15) is 17.6 Å². The summed E-state index contributed by atoms with van der Waals surface area (Å²) in [5, 5.41) is 14.9. The van der Waals surface area contributed by atoms with Gasteiger partial charge in [-0.1, -0.05) is 11.6 Å². The van der Waals surface area contributed by atoms with E-state index in [2.05, 4.69) is 15.6 Å². The molecule has 2 rings (SSSR count). The number of pyridine rings is 1. The third-order valence-electron chi connectivity index (χ3n) is 2.95. The maximum Gasteiger partial charge on any atom is 0.433 e. The van der Waals surface area contributed by atoms with E-state index >= 15 is 0 Å². The van der Waals surface area contributed by atoms with Crippen molar-refractivity contribution in [2.24, 2.45) is 0 Å². The average molecular weight is 282 g/mol. The van der Waals surface area contributed by atoms with E-state index in [1.165, 1.54) is 0 Å². The molecular weight excluding hydrogens is 269 g/mol. The van der Waals surface area contributed by atoms with Crippen molar-refractivity contribution in [2.75, 3.05) is 25.0 Å². The lowest BCUT2D eigenvalue weighted by Gasteiger charge is -2.16. The van der Waals surface area contributed by atoms with Gasteiger partial charge in [-0.3, -0.25) is 0 Å². The Hall–Kier alpha value is -2.07. The number of hydrogen-bond donors (Lipinski definition) is 2. The molecule has 4 nitrogen and oxygen atoms in total. The van der Waals surface area contributed by atoms with E-state index in [1.54, 1.807) is 0 Å². The Balaban J connectivity index is 2.16. The maximum absolute atomic E-state index is 12.6. The molecule has 2 N–H and O–H groups in total. The number of nitriles is 1. The fourth-order valence-electron chi connectivity index (χ4n) is 1.87. The lowest BCUT2D eigenvalue weighted by molar-refractivity contribution is -0.141. The first kappa shape index (κ1) is 14.3. The van der Waals surface area contributed by atoms with Crippen LogP contribution in [0, 0.1) is 11.3 Å². The molecule has 0 bridgehead atoms. The van der Waals surface area contributed by atoms with E-state index in [0.29, 0.717) is 6.54 Å². The SMILES string of the molecule is N#Cc1ccc(C(F)(F)F)nc1NCC1=CCNCC1. The van der Waals surface area contributed by atoms with E-state index in [-0.39, 0.29) is 11.4 Å². The fraction of sp³-hybridized carbons (Fsp3) is 0.385. The predicted molar refractivity (Wildman–Crippen MR) is 68.0 cm³/mol. The van der Waals surface area contributed by atoms with Gasteiger partial charge in [-0.05, 0) is 25.1 Å². The molecule has 0 fully saturated rings. The van der Waals surface area contributed by atoms with Gasteiger partial charge in [0.25, 0.3) is 0 Å². The second kappa shape index (κ2) is 5.92. The molecule has 1 aliphatic rings.